The number of carboxylic acid groups (broad SMARTS) is 1. The lowest BCUT2D eigenvalue weighted by molar-refractivity contribution is -0.145. The second-order valence-corrected chi connectivity index (χ2v) is 8.55. The Balaban J connectivity index is 1.97. The van der Waals surface area contributed by atoms with Crippen LogP contribution in [0.4, 0.5) is 9.59 Å². The average Bonchev–Trinajstić information content (AvgIpc) is 2.62. The smallest absolute Gasteiger partial charge is 0.407 e. The fourth-order valence-corrected chi connectivity index (χ4v) is 3.40. The number of ether oxygens (including phenoxy) is 2. The lowest BCUT2D eigenvalue weighted by Crippen LogP contribution is -2.60. The molecular formula is C21H30N2O7. The molecule has 1 saturated carbocycles. The van der Waals surface area contributed by atoms with Gasteiger partial charge in [0.25, 0.3) is 0 Å². The molecule has 0 saturated heterocycles. The molecule has 4 N–H and O–H groups in total. The van der Waals surface area contributed by atoms with Crippen LogP contribution in [0.15, 0.2) is 30.3 Å². The van der Waals surface area contributed by atoms with Crippen molar-refractivity contribution in [1.82, 2.24) is 10.6 Å². The summed E-state index contributed by atoms with van der Waals surface area (Å²) >= 11 is 0. The van der Waals surface area contributed by atoms with Crippen LogP contribution in [0.1, 0.15) is 52.0 Å². The fourth-order valence-electron chi connectivity index (χ4n) is 3.40. The number of benzene rings is 1. The molecule has 1 aliphatic carbocycles. The van der Waals surface area contributed by atoms with Gasteiger partial charge >= 0.3 is 18.2 Å². The summed E-state index contributed by atoms with van der Waals surface area (Å²) in [4.78, 5) is 35.5. The molecule has 2 amide bonds. The normalized spacial score (nSPS) is 23.9. The Bertz CT molecular complexity index is 747. The first-order valence-corrected chi connectivity index (χ1v) is 9.88. The predicted molar refractivity (Wildman–Crippen MR) is 108 cm³/mol. The Morgan fingerprint density at radius 1 is 1.13 bits per heavy atom. The van der Waals surface area contributed by atoms with Gasteiger partial charge in [-0.2, -0.15) is 0 Å². The summed E-state index contributed by atoms with van der Waals surface area (Å²) in [7, 11) is 0. The highest BCUT2D eigenvalue weighted by molar-refractivity contribution is 5.71. The van der Waals surface area contributed by atoms with Gasteiger partial charge < -0.3 is 30.3 Å². The Hall–Kier alpha value is -2.81. The molecule has 0 aliphatic heterocycles. The van der Waals surface area contributed by atoms with Crippen LogP contribution in [0, 0.1) is 0 Å². The van der Waals surface area contributed by atoms with Crippen LogP contribution in [0.5, 0.6) is 0 Å². The molecule has 1 aromatic rings. The van der Waals surface area contributed by atoms with Crippen molar-refractivity contribution in [3.8, 4) is 0 Å². The lowest BCUT2D eigenvalue weighted by atomic mass is 9.76. The quantitative estimate of drug-likeness (QED) is 0.553. The standard InChI is InChI=1S/C21H30N2O7/c1-20(2,3)30-19(27)23-16-11-15(9-10-21(16,28)12-17(24)25)22-18(26)29-13-14-7-5-4-6-8-14/h4-8,15-16,28H,9-13H2,1-3H3,(H,22,26)(H,23,27)(H,24,25)/t15-,16+,21+/m0/s1. The van der Waals surface area contributed by atoms with Gasteiger partial charge in [-0.3, -0.25) is 4.79 Å². The molecule has 166 valence electrons. The molecule has 30 heavy (non-hydrogen) atoms. The van der Waals surface area contributed by atoms with Gasteiger partial charge in [-0.25, -0.2) is 9.59 Å². The second-order valence-electron chi connectivity index (χ2n) is 8.55. The minimum absolute atomic E-state index is 0.0867. The molecule has 0 radical (unpaired) electrons. The van der Waals surface area contributed by atoms with Crippen molar-refractivity contribution >= 4 is 18.2 Å². The van der Waals surface area contributed by atoms with Crippen molar-refractivity contribution in [2.75, 3.05) is 0 Å². The van der Waals surface area contributed by atoms with E-state index in [0.29, 0.717) is 6.42 Å². The summed E-state index contributed by atoms with van der Waals surface area (Å²) in [6.45, 7) is 5.21. The van der Waals surface area contributed by atoms with Crippen LogP contribution in [0.25, 0.3) is 0 Å². The molecular weight excluding hydrogens is 392 g/mol. The molecule has 0 aromatic heterocycles. The molecule has 0 spiro atoms. The van der Waals surface area contributed by atoms with Crippen molar-refractivity contribution in [1.29, 1.82) is 0 Å². The highest BCUT2D eigenvalue weighted by Crippen LogP contribution is 2.32. The van der Waals surface area contributed by atoms with E-state index >= 15 is 0 Å². The van der Waals surface area contributed by atoms with E-state index < -0.39 is 47.9 Å². The predicted octanol–water partition coefficient (Wildman–Crippen LogP) is 2.56. The van der Waals surface area contributed by atoms with E-state index in [1.54, 1.807) is 20.8 Å². The maximum absolute atomic E-state index is 12.2. The molecule has 2 rings (SSSR count). The second kappa shape index (κ2) is 9.80. The van der Waals surface area contributed by atoms with Gasteiger partial charge in [0.15, 0.2) is 0 Å². The van der Waals surface area contributed by atoms with Gasteiger partial charge in [-0.15, -0.1) is 0 Å². The summed E-state index contributed by atoms with van der Waals surface area (Å²) < 4.78 is 10.4. The first kappa shape index (κ1) is 23.5. The van der Waals surface area contributed by atoms with Crippen molar-refractivity contribution in [3.63, 3.8) is 0 Å². The number of rotatable bonds is 6. The zero-order chi connectivity index (χ0) is 22.4. The van der Waals surface area contributed by atoms with Crippen molar-refractivity contribution in [2.24, 2.45) is 0 Å². The van der Waals surface area contributed by atoms with E-state index in [-0.39, 0.29) is 19.4 Å². The largest absolute Gasteiger partial charge is 0.481 e. The number of aliphatic hydroxyl groups is 1. The number of nitrogens with one attached hydrogen (secondary N) is 2. The van der Waals surface area contributed by atoms with Crippen molar-refractivity contribution in [3.05, 3.63) is 35.9 Å². The summed E-state index contributed by atoms with van der Waals surface area (Å²) in [6, 6.07) is 7.91. The van der Waals surface area contributed by atoms with Gasteiger partial charge in [0.2, 0.25) is 0 Å². The molecule has 1 aliphatic rings. The van der Waals surface area contributed by atoms with E-state index in [1.165, 1.54) is 0 Å². The van der Waals surface area contributed by atoms with E-state index in [0.717, 1.165) is 5.56 Å². The van der Waals surface area contributed by atoms with Crippen LogP contribution >= 0.6 is 0 Å². The number of alkyl carbamates (subject to hydrolysis) is 2. The van der Waals surface area contributed by atoms with Gasteiger partial charge in [-0.1, -0.05) is 30.3 Å². The average molecular weight is 422 g/mol. The third-order valence-electron chi connectivity index (χ3n) is 4.78. The first-order valence-electron chi connectivity index (χ1n) is 9.88. The summed E-state index contributed by atoms with van der Waals surface area (Å²) in [6.07, 6.45) is -1.34. The zero-order valence-corrected chi connectivity index (χ0v) is 17.5. The van der Waals surface area contributed by atoms with Gasteiger partial charge in [0, 0.05) is 6.04 Å². The summed E-state index contributed by atoms with van der Waals surface area (Å²) in [5.74, 6) is -1.18. The molecule has 1 aromatic carbocycles. The fraction of sp³-hybridized carbons (Fsp3) is 0.571. The van der Waals surface area contributed by atoms with Gasteiger partial charge in [0.1, 0.15) is 12.2 Å². The zero-order valence-electron chi connectivity index (χ0n) is 17.5. The van der Waals surface area contributed by atoms with Crippen LogP contribution in [-0.4, -0.2) is 51.7 Å². The maximum atomic E-state index is 12.2. The Morgan fingerprint density at radius 2 is 1.80 bits per heavy atom. The maximum Gasteiger partial charge on any atom is 0.407 e. The first-order chi connectivity index (χ1) is 14.0. The number of carboxylic acids is 1. The van der Waals surface area contributed by atoms with Crippen molar-refractivity contribution in [2.45, 2.75) is 76.3 Å². The minimum atomic E-state index is -1.64. The highest BCUT2D eigenvalue weighted by atomic mass is 16.6. The Morgan fingerprint density at radius 3 is 2.40 bits per heavy atom. The van der Waals surface area contributed by atoms with Crippen LogP contribution < -0.4 is 10.6 Å². The van der Waals surface area contributed by atoms with E-state index in [9.17, 15) is 19.5 Å². The Kier molecular flexibility index (Phi) is 7.66. The molecule has 0 heterocycles. The Labute approximate surface area is 175 Å². The van der Waals surface area contributed by atoms with Crippen molar-refractivity contribution < 1.29 is 34.1 Å². The van der Waals surface area contributed by atoms with E-state index in [2.05, 4.69) is 10.6 Å². The third-order valence-corrected chi connectivity index (χ3v) is 4.78. The number of carbonyl (C=O) groups excluding carboxylic acids is 2. The molecule has 1 fully saturated rings. The SMILES string of the molecule is CC(C)(C)OC(=O)N[C@@H]1C[C@@H](NC(=O)OCc2ccccc2)CC[C@@]1(O)CC(=O)O. The molecule has 0 unspecified atom stereocenters. The lowest BCUT2D eigenvalue weighted by Gasteiger charge is -2.42. The van der Waals surface area contributed by atoms with Gasteiger partial charge in [0.05, 0.1) is 18.1 Å². The van der Waals surface area contributed by atoms with Crippen LogP contribution in [-0.2, 0) is 20.9 Å². The monoisotopic (exact) mass is 422 g/mol. The minimum Gasteiger partial charge on any atom is -0.481 e. The number of amides is 2. The van der Waals surface area contributed by atoms with Crippen LogP contribution in [0.2, 0.25) is 0 Å². The molecule has 3 atom stereocenters. The van der Waals surface area contributed by atoms with Crippen LogP contribution in [0.3, 0.4) is 0 Å². The number of hydrogen-bond acceptors (Lipinski definition) is 6. The van der Waals surface area contributed by atoms with Gasteiger partial charge in [-0.05, 0) is 45.6 Å². The number of hydrogen-bond donors (Lipinski definition) is 4. The van der Waals surface area contributed by atoms with E-state index in [1.807, 2.05) is 30.3 Å². The third kappa shape index (κ3) is 7.55. The molecule has 0 bridgehead atoms. The summed E-state index contributed by atoms with van der Waals surface area (Å²) in [5, 5.41) is 25.3. The van der Waals surface area contributed by atoms with E-state index in [4.69, 9.17) is 14.6 Å². The highest BCUT2D eigenvalue weighted by Gasteiger charge is 2.45. The number of aliphatic carboxylic acids is 1. The molecule has 9 nitrogen and oxygen atoms in total. The topological polar surface area (TPSA) is 134 Å². The number of carbonyl (C=O) groups is 3. The summed E-state index contributed by atoms with van der Waals surface area (Å²) in [5.41, 5.74) is -1.55. The molecule has 9 heteroatoms.